The van der Waals surface area contributed by atoms with Crippen molar-refractivity contribution >= 4 is 51.6 Å². The smallest absolute Gasteiger partial charge is 0.255 e. The van der Waals surface area contributed by atoms with Crippen LogP contribution in [-0.4, -0.2) is 34.5 Å². The van der Waals surface area contributed by atoms with Gasteiger partial charge in [-0.2, -0.15) is 5.10 Å². The number of carbonyl (C=O) groups excluding carboxylic acids is 3. The lowest BCUT2D eigenvalue weighted by atomic mass is 10.0. The van der Waals surface area contributed by atoms with Crippen LogP contribution in [0, 0.1) is 6.92 Å². The molecule has 0 fully saturated rings. The van der Waals surface area contributed by atoms with Gasteiger partial charge in [-0.25, -0.2) is 0 Å². The van der Waals surface area contributed by atoms with E-state index in [4.69, 9.17) is 11.6 Å². The number of hydrogen-bond donors (Lipinski definition) is 3. The molecular weight excluding hydrogens is 526 g/mol. The number of amides is 3. The van der Waals surface area contributed by atoms with Crippen molar-refractivity contribution in [2.24, 2.45) is 7.05 Å². The highest BCUT2D eigenvalue weighted by Crippen LogP contribution is 2.30. The van der Waals surface area contributed by atoms with E-state index in [1.165, 1.54) is 0 Å². The molecule has 0 bridgehead atoms. The highest BCUT2D eigenvalue weighted by atomic mass is 35.5. The molecule has 0 radical (unpaired) electrons. The average Bonchev–Trinajstić information content (AvgIpc) is 3.30. The van der Waals surface area contributed by atoms with Crippen molar-refractivity contribution in [1.82, 2.24) is 15.1 Å². The summed E-state index contributed by atoms with van der Waals surface area (Å²) >= 11 is 6.05. The Hall–Kier alpha value is -4.95. The first-order valence-corrected chi connectivity index (χ1v) is 12.9. The topological polar surface area (TPSA) is 105 Å². The number of fused-ring (bicyclic) bond motifs is 1. The molecule has 1 heterocycles. The fraction of sp³-hybridized carbons (Fsp3) is 0.0968. The molecular formula is C31H26ClN5O3. The number of benzene rings is 4. The normalized spacial score (nSPS) is 10.8. The number of carbonyl (C=O) groups is 3. The Morgan fingerprint density at radius 2 is 1.38 bits per heavy atom. The SMILES string of the molecule is CNC(=O)c1ccc(C(=O)Nc2cc(NC(=O)c3ccc4c(c3)c(-c3ccc(Cl)cc3)nn4C)ccc2C)cc1. The second-order valence-electron chi connectivity index (χ2n) is 9.31. The van der Waals surface area contributed by atoms with Crippen LogP contribution in [0.1, 0.15) is 36.6 Å². The van der Waals surface area contributed by atoms with Crippen molar-refractivity contribution in [2.45, 2.75) is 6.92 Å². The van der Waals surface area contributed by atoms with Gasteiger partial charge in [-0.1, -0.05) is 29.8 Å². The summed E-state index contributed by atoms with van der Waals surface area (Å²) in [7, 11) is 3.41. The summed E-state index contributed by atoms with van der Waals surface area (Å²) in [6.07, 6.45) is 0. The average molecular weight is 552 g/mol. The lowest BCUT2D eigenvalue weighted by molar-refractivity contribution is 0.0960. The molecule has 0 unspecified atom stereocenters. The molecule has 200 valence electrons. The Bertz CT molecular complexity index is 1760. The minimum atomic E-state index is -0.327. The molecule has 40 heavy (non-hydrogen) atoms. The van der Waals surface area contributed by atoms with Gasteiger partial charge in [0.2, 0.25) is 0 Å². The molecule has 3 amide bonds. The third kappa shape index (κ3) is 5.43. The summed E-state index contributed by atoms with van der Waals surface area (Å²) in [6, 6.07) is 24.5. The van der Waals surface area contributed by atoms with Gasteiger partial charge in [0.05, 0.1) is 5.52 Å². The van der Waals surface area contributed by atoms with E-state index in [1.807, 2.05) is 56.4 Å². The van der Waals surface area contributed by atoms with E-state index in [1.54, 1.807) is 54.2 Å². The summed E-state index contributed by atoms with van der Waals surface area (Å²) in [5.74, 6) is -0.847. The summed E-state index contributed by atoms with van der Waals surface area (Å²) in [4.78, 5) is 37.8. The van der Waals surface area contributed by atoms with Crippen LogP contribution in [0.4, 0.5) is 11.4 Å². The van der Waals surface area contributed by atoms with Crippen LogP contribution < -0.4 is 16.0 Å². The maximum absolute atomic E-state index is 13.2. The minimum absolute atomic E-state index is 0.227. The van der Waals surface area contributed by atoms with Crippen LogP contribution in [0.25, 0.3) is 22.2 Å². The lowest BCUT2D eigenvalue weighted by Crippen LogP contribution is -2.18. The fourth-order valence-corrected chi connectivity index (χ4v) is 4.50. The maximum atomic E-state index is 13.2. The molecule has 0 aliphatic carbocycles. The predicted molar refractivity (Wildman–Crippen MR) is 158 cm³/mol. The zero-order chi connectivity index (χ0) is 28.4. The van der Waals surface area contributed by atoms with Gasteiger partial charge in [0, 0.05) is 58.1 Å². The maximum Gasteiger partial charge on any atom is 0.255 e. The zero-order valence-corrected chi connectivity index (χ0v) is 22.8. The first-order chi connectivity index (χ1) is 19.2. The Balaban J connectivity index is 1.36. The minimum Gasteiger partial charge on any atom is -0.355 e. The second kappa shape index (κ2) is 11.0. The van der Waals surface area contributed by atoms with Crippen molar-refractivity contribution in [3.63, 3.8) is 0 Å². The number of nitrogens with zero attached hydrogens (tertiary/aromatic N) is 2. The molecule has 4 aromatic carbocycles. The van der Waals surface area contributed by atoms with E-state index in [0.717, 1.165) is 27.7 Å². The van der Waals surface area contributed by atoms with Crippen molar-refractivity contribution < 1.29 is 14.4 Å². The number of aromatic nitrogens is 2. The molecule has 0 aliphatic rings. The first-order valence-electron chi connectivity index (χ1n) is 12.5. The summed E-state index contributed by atoms with van der Waals surface area (Å²) in [5, 5.41) is 14.5. The number of hydrogen-bond acceptors (Lipinski definition) is 4. The van der Waals surface area contributed by atoms with E-state index in [0.29, 0.717) is 33.1 Å². The van der Waals surface area contributed by atoms with Gasteiger partial charge in [-0.05, 0) is 79.2 Å². The van der Waals surface area contributed by atoms with E-state index < -0.39 is 0 Å². The van der Waals surface area contributed by atoms with E-state index in [-0.39, 0.29) is 17.7 Å². The van der Waals surface area contributed by atoms with Crippen molar-refractivity contribution in [3.05, 3.63) is 112 Å². The van der Waals surface area contributed by atoms with E-state index >= 15 is 0 Å². The third-order valence-corrected chi connectivity index (χ3v) is 6.86. The van der Waals surface area contributed by atoms with Gasteiger partial charge in [0.1, 0.15) is 5.69 Å². The molecule has 8 nitrogen and oxygen atoms in total. The number of rotatable bonds is 6. The molecule has 0 atom stereocenters. The number of anilines is 2. The Morgan fingerprint density at radius 1 is 0.750 bits per heavy atom. The van der Waals surface area contributed by atoms with Crippen molar-refractivity contribution in [3.8, 4) is 11.3 Å². The molecule has 0 aliphatic heterocycles. The van der Waals surface area contributed by atoms with Crippen molar-refractivity contribution in [2.75, 3.05) is 17.7 Å². The Labute approximate surface area is 236 Å². The molecule has 3 N–H and O–H groups in total. The molecule has 9 heteroatoms. The monoisotopic (exact) mass is 551 g/mol. The van der Waals surface area contributed by atoms with Gasteiger partial charge < -0.3 is 16.0 Å². The standard InChI is InChI=1S/C31H26ClN5O3/c1-18-4-14-24(17-26(18)35-30(39)21-7-5-20(6-8-21)29(38)33-2)34-31(40)22-11-15-27-25(16-22)28(36-37(27)3)19-9-12-23(32)13-10-19/h4-17H,1-3H3,(H,33,38)(H,34,40)(H,35,39). The summed E-state index contributed by atoms with van der Waals surface area (Å²) in [5.41, 5.74) is 5.81. The molecule has 0 saturated heterocycles. The van der Waals surface area contributed by atoms with Crippen LogP contribution in [0.15, 0.2) is 84.9 Å². The molecule has 0 saturated carbocycles. The molecule has 5 aromatic rings. The molecule has 0 spiro atoms. The van der Waals surface area contributed by atoms with Gasteiger partial charge in [0.15, 0.2) is 0 Å². The van der Waals surface area contributed by atoms with Crippen LogP contribution >= 0.6 is 11.6 Å². The first kappa shape index (κ1) is 26.6. The van der Waals surface area contributed by atoms with Crippen LogP contribution in [0.2, 0.25) is 5.02 Å². The fourth-order valence-electron chi connectivity index (χ4n) is 4.38. The summed E-state index contributed by atoms with van der Waals surface area (Å²) in [6.45, 7) is 1.87. The Kier molecular flexibility index (Phi) is 7.35. The number of halogens is 1. The van der Waals surface area contributed by atoms with E-state index in [9.17, 15) is 14.4 Å². The van der Waals surface area contributed by atoms with Crippen LogP contribution in [0.5, 0.6) is 0 Å². The van der Waals surface area contributed by atoms with Crippen LogP contribution in [-0.2, 0) is 7.05 Å². The third-order valence-electron chi connectivity index (χ3n) is 6.61. The van der Waals surface area contributed by atoms with Crippen LogP contribution in [0.3, 0.4) is 0 Å². The second-order valence-corrected chi connectivity index (χ2v) is 9.74. The predicted octanol–water partition coefficient (Wildman–Crippen LogP) is 6.07. The van der Waals surface area contributed by atoms with Crippen molar-refractivity contribution in [1.29, 1.82) is 0 Å². The van der Waals surface area contributed by atoms with Gasteiger partial charge in [-0.3, -0.25) is 19.1 Å². The molecule has 1 aromatic heterocycles. The number of aryl methyl sites for hydroxylation is 2. The summed E-state index contributed by atoms with van der Waals surface area (Å²) < 4.78 is 1.78. The largest absolute Gasteiger partial charge is 0.355 e. The zero-order valence-electron chi connectivity index (χ0n) is 22.1. The van der Waals surface area contributed by atoms with Gasteiger partial charge in [-0.15, -0.1) is 0 Å². The quantitative estimate of drug-likeness (QED) is 0.238. The Morgan fingerprint density at radius 3 is 2.05 bits per heavy atom. The molecule has 5 rings (SSSR count). The van der Waals surface area contributed by atoms with Gasteiger partial charge >= 0.3 is 0 Å². The highest BCUT2D eigenvalue weighted by molar-refractivity contribution is 6.30. The van der Waals surface area contributed by atoms with Gasteiger partial charge in [0.25, 0.3) is 17.7 Å². The highest BCUT2D eigenvalue weighted by Gasteiger charge is 2.16. The lowest BCUT2D eigenvalue weighted by Gasteiger charge is -2.12. The number of nitrogens with one attached hydrogen (secondary N) is 3. The van der Waals surface area contributed by atoms with E-state index in [2.05, 4.69) is 21.0 Å².